The maximum Gasteiger partial charge on any atom is 0.252 e. The zero-order chi connectivity index (χ0) is 22.9. The average Bonchev–Trinajstić information content (AvgIpc) is 3.42. The van der Waals surface area contributed by atoms with E-state index in [1.807, 2.05) is 24.4 Å². The van der Waals surface area contributed by atoms with Gasteiger partial charge in [-0.2, -0.15) is 5.10 Å². The van der Waals surface area contributed by atoms with E-state index in [4.69, 9.17) is 0 Å². The van der Waals surface area contributed by atoms with Crippen LogP contribution in [0.5, 0.6) is 0 Å². The van der Waals surface area contributed by atoms with Gasteiger partial charge in [-0.3, -0.25) is 4.79 Å². The molecule has 0 aliphatic rings. The number of carbonyl (C=O) groups excluding carboxylic acids is 1. The maximum absolute atomic E-state index is 13.1. The Kier molecular flexibility index (Phi) is 6.09. The van der Waals surface area contributed by atoms with Crippen molar-refractivity contribution in [2.24, 2.45) is 0 Å². The molecule has 0 saturated heterocycles. The molecule has 0 atom stereocenters. The van der Waals surface area contributed by atoms with E-state index in [9.17, 15) is 13.2 Å². The molecule has 0 saturated carbocycles. The molecule has 1 N–H and O–H groups in total. The van der Waals surface area contributed by atoms with Gasteiger partial charge < -0.3 is 5.32 Å². The number of amides is 1. The fourth-order valence-corrected chi connectivity index (χ4v) is 5.20. The molecule has 0 radical (unpaired) electrons. The third-order valence-electron chi connectivity index (χ3n) is 5.04. The molecule has 0 aliphatic heterocycles. The Morgan fingerprint density at radius 2 is 1.97 bits per heavy atom. The van der Waals surface area contributed by atoms with Crippen molar-refractivity contribution in [3.8, 4) is 0 Å². The Morgan fingerprint density at radius 3 is 2.69 bits per heavy atom. The summed E-state index contributed by atoms with van der Waals surface area (Å²) in [5.41, 5.74) is 2.31. The SMILES string of the molecule is Cc1cc(C(=O)NCc2ccccc2S(=O)(=O)N(C)C)c2cnn(Cc3cccs3)c2n1. The third-order valence-corrected chi connectivity index (χ3v) is 7.81. The first-order valence-corrected chi connectivity index (χ1v) is 12.2. The van der Waals surface area contributed by atoms with Gasteiger partial charge in [0, 0.05) is 31.2 Å². The molecule has 0 spiro atoms. The molecule has 4 aromatic rings. The van der Waals surface area contributed by atoms with Gasteiger partial charge in [0.15, 0.2) is 5.65 Å². The summed E-state index contributed by atoms with van der Waals surface area (Å²) < 4.78 is 28.2. The van der Waals surface area contributed by atoms with Crippen molar-refractivity contribution in [3.63, 3.8) is 0 Å². The van der Waals surface area contributed by atoms with Crippen LogP contribution in [0.15, 0.2) is 58.9 Å². The van der Waals surface area contributed by atoms with Crippen LogP contribution in [-0.4, -0.2) is 47.5 Å². The van der Waals surface area contributed by atoms with Crippen LogP contribution < -0.4 is 5.32 Å². The molecule has 32 heavy (non-hydrogen) atoms. The smallest absolute Gasteiger partial charge is 0.252 e. The molecule has 0 bridgehead atoms. The van der Waals surface area contributed by atoms with E-state index in [1.165, 1.54) is 14.1 Å². The Bertz CT molecular complexity index is 1380. The van der Waals surface area contributed by atoms with E-state index < -0.39 is 10.0 Å². The number of aryl methyl sites for hydroxylation is 1. The molecule has 3 aromatic heterocycles. The fraction of sp³-hybridized carbons (Fsp3) is 0.227. The van der Waals surface area contributed by atoms with Crippen LogP contribution in [0.3, 0.4) is 0 Å². The number of fused-ring (bicyclic) bond motifs is 1. The summed E-state index contributed by atoms with van der Waals surface area (Å²) in [6, 6.07) is 12.4. The standard InChI is InChI=1S/C22H23N5O3S2/c1-15-11-18(19-13-24-27(21(19)25-15)14-17-8-6-10-31-17)22(28)23-12-16-7-4-5-9-20(16)32(29,30)26(2)3/h4-11,13H,12,14H2,1-3H3,(H,23,28). The van der Waals surface area contributed by atoms with Crippen molar-refractivity contribution in [3.05, 3.63) is 75.7 Å². The summed E-state index contributed by atoms with van der Waals surface area (Å²) in [6.07, 6.45) is 1.65. The topological polar surface area (TPSA) is 97.2 Å². The van der Waals surface area contributed by atoms with Crippen molar-refractivity contribution in [1.82, 2.24) is 24.4 Å². The summed E-state index contributed by atoms with van der Waals surface area (Å²) in [6.45, 7) is 2.49. The molecule has 1 amide bonds. The molecular formula is C22H23N5O3S2. The van der Waals surface area contributed by atoms with Crippen LogP contribution >= 0.6 is 11.3 Å². The van der Waals surface area contributed by atoms with Crippen molar-refractivity contribution in [2.75, 3.05) is 14.1 Å². The van der Waals surface area contributed by atoms with Crippen molar-refractivity contribution in [1.29, 1.82) is 0 Å². The molecule has 0 aliphatic carbocycles. The Labute approximate surface area is 190 Å². The van der Waals surface area contributed by atoms with E-state index >= 15 is 0 Å². The minimum absolute atomic E-state index is 0.0777. The number of carbonyl (C=O) groups is 1. The quantitative estimate of drug-likeness (QED) is 0.449. The first kappa shape index (κ1) is 22.1. The van der Waals surface area contributed by atoms with Crippen LogP contribution in [0.2, 0.25) is 0 Å². The summed E-state index contributed by atoms with van der Waals surface area (Å²) in [5.74, 6) is -0.312. The Morgan fingerprint density at radius 1 is 1.19 bits per heavy atom. The van der Waals surface area contributed by atoms with E-state index in [0.717, 1.165) is 9.18 Å². The first-order valence-electron chi connectivity index (χ1n) is 9.91. The van der Waals surface area contributed by atoms with Crippen LogP contribution in [0.4, 0.5) is 0 Å². The average molecular weight is 470 g/mol. The summed E-state index contributed by atoms with van der Waals surface area (Å²) >= 11 is 1.63. The molecule has 1 aromatic carbocycles. The highest BCUT2D eigenvalue weighted by Crippen LogP contribution is 2.22. The molecule has 0 unspecified atom stereocenters. The molecule has 4 rings (SSSR count). The summed E-state index contributed by atoms with van der Waals surface area (Å²) in [7, 11) is -0.661. The lowest BCUT2D eigenvalue weighted by atomic mass is 10.1. The minimum Gasteiger partial charge on any atom is -0.348 e. The van der Waals surface area contributed by atoms with E-state index in [1.54, 1.807) is 52.5 Å². The minimum atomic E-state index is -3.62. The van der Waals surface area contributed by atoms with Crippen LogP contribution in [0, 0.1) is 6.92 Å². The van der Waals surface area contributed by atoms with Gasteiger partial charge in [-0.1, -0.05) is 24.3 Å². The number of hydrogen-bond acceptors (Lipinski definition) is 6. The van der Waals surface area contributed by atoms with Gasteiger partial charge in [0.05, 0.1) is 28.6 Å². The molecule has 0 fully saturated rings. The van der Waals surface area contributed by atoms with Crippen molar-refractivity contribution >= 4 is 38.3 Å². The van der Waals surface area contributed by atoms with Gasteiger partial charge in [0.25, 0.3) is 5.91 Å². The van der Waals surface area contributed by atoms with E-state index in [0.29, 0.717) is 34.4 Å². The number of benzene rings is 1. The zero-order valence-electron chi connectivity index (χ0n) is 17.9. The number of aromatic nitrogens is 3. The fourth-order valence-electron chi connectivity index (χ4n) is 3.40. The highest BCUT2D eigenvalue weighted by atomic mass is 32.2. The molecular weight excluding hydrogens is 446 g/mol. The summed E-state index contributed by atoms with van der Waals surface area (Å²) in [5, 5.41) is 9.95. The van der Waals surface area contributed by atoms with Crippen LogP contribution in [-0.2, 0) is 23.1 Å². The highest BCUT2D eigenvalue weighted by molar-refractivity contribution is 7.89. The second kappa shape index (κ2) is 8.81. The lowest BCUT2D eigenvalue weighted by Gasteiger charge is -2.15. The van der Waals surface area contributed by atoms with Gasteiger partial charge >= 0.3 is 0 Å². The molecule has 10 heteroatoms. The monoisotopic (exact) mass is 469 g/mol. The molecule has 3 heterocycles. The number of pyridine rings is 1. The van der Waals surface area contributed by atoms with Gasteiger partial charge in [0.1, 0.15) is 0 Å². The molecule has 8 nitrogen and oxygen atoms in total. The second-order valence-corrected chi connectivity index (χ2v) is 10.7. The number of nitrogens with one attached hydrogen (secondary N) is 1. The number of thiophene rings is 1. The number of sulfonamides is 1. The number of hydrogen-bond donors (Lipinski definition) is 1. The van der Waals surface area contributed by atoms with E-state index in [-0.39, 0.29) is 17.3 Å². The zero-order valence-corrected chi connectivity index (χ0v) is 19.6. The third kappa shape index (κ3) is 4.29. The van der Waals surface area contributed by atoms with E-state index in [2.05, 4.69) is 15.4 Å². The van der Waals surface area contributed by atoms with Gasteiger partial charge in [-0.05, 0) is 36.1 Å². The Hall–Kier alpha value is -3.08. The Balaban J connectivity index is 1.61. The largest absolute Gasteiger partial charge is 0.348 e. The number of rotatable bonds is 7. The number of nitrogens with zero attached hydrogens (tertiary/aromatic N) is 4. The van der Waals surface area contributed by atoms with Gasteiger partial charge in [0.2, 0.25) is 10.0 Å². The van der Waals surface area contributed by atoms with Crippen LogP contribution in [0.25, 0.3) is 11.0 Å². The van der Waals surface area contributed by atoms with Crippen molar-refractivity contribution < 1.29 is 13.2 Å². The normalized spacial score (nSPS) is 11.9. The predicted octanol–water partition coefficient (Wildman–Crippen LogP) is 3.03. The molecule has 166 valence electrons. The predicted molar refractivity (Wildman–Crippen MR) is 124 cm³/mol. The van der Waals surface area contributed by atoms with Gasteiger partial charge in [-0.15, -0.1) is 11.3 Å². The lowest BCUT2D eigenvalue weighted by molar-refractivity contribution is 0.0952. The first-order chi connectivity index (χ1) is 15.3. The van der Waals surface area contributed by atoms with Crippen LogP contribution in [0.1, 0.15) is 26.5 Å². The maximum atomic E-state index is 13.1. The van der Waals surface area contributed by atoms with Crippen molar-refractivity contribution in [2.45, 2.75) is 24.9 Å². The second-order valence-electron chi connectivity index (χ2n) is 7.51. The highest BCUT2D eigenvalue weighted by Gasteiger charge is 2.22. The lowest BCUT2D eigenvalue weighted by Crippen LogP contribution is -2.27. The van der Waals surface area contributed by atoms with Gasteiger partial charge in [-0.25, -0.2) is 22.4 Å². The summed E-state index contributed by atoms with van der Waals surface area (Å²) in [4.78, 5) is 19.0.